The van der Waals surface area contributed by atoms with Crippen LogP contribution >= 0.6 is 11.8 Å². The molecular formula is C18H22F3N3O2S. The van der Waals surface area contributed by atoms with Gasteiger partial charge in [0.05, 0.1) is 10.8 Å². The van der Waals surface area contributed by atoms with Crippen molar-refractivity contribution in [2.24, 2.45) is 0 Å². The Bertz CT molecular complexity index is 703. The zero-order chi connectivity index (χ0) is 19.8. The van der Waals surface area contributed by atoms with Crippen LogP contribution in [0.1, 0.15) is 23.4 Å². The molecule has 2 fully saturated rings. The van der Waals surface area contributed by atoms with E-state index in [1.54, 1.807) is 11.8 Å². The van der Waals surface area contributed by atoms with Crippen LogP contribution in [0.5, 0.6) is 0 Å². The molecule has 27 heavy (non-hydrogen) atoms. The number of halogens is 3. The minimum Gasteiger partial charge on any atom is -0.339 e. The minimum absolute atomic E-state index is 0.0500. The third-order valence-corrected chi connectivity index (χ3v) is 6.33. The predicted octanol–water partition coefficient (Wildman–Crippen LogP) is 2.44. The van der Waals surface area contributed by atoms with Crippen LogP contribution in [0.4, 0.5) is 13.2 Å². The van der Waals surface area contributed by atoms with Crippen molar-refractivity contribution < 1.29 is 22.8 Å². The Morgan fingerprint density at radius 1 is 1.15 bits per heavy atom. The first kappa shape index (κ1) is 20.0. The van der Waals surface area contributed by atoms with Crippen molar-refractivity contribution in [2.75, 3.05) is 39.8 Å². The van der Waals surface area contributed by atoms with Gasteiger partial charge < -0.3 is 14.7 Å². The topological polar surface area (TPSA) is 43.9 Å². The molecular weight excluding hydrogens is 379 g/mol. The van der Waals surface area contributed by atoms with Gasteiger partial charge in [-0.25, -0.2) is 0 Å². The maximum absolute atomic E-state index is 12.8. The number of likely N-dealkylation sites (N-methyl/N-ethyl adjacent to an activating group) is 1. The van der Waals surface area contributed by atoms with Crippen LogP contribution < -0.4 is 0 Å². The number of carbonyl (C=O) groups excluding carboxylic acids is 2. The van der Waals surface area contributed by atoms with Crippen molar-refractivity contribution in [3.8, 4) is 0 Å². The summed E-state index contributed by atoms with van der Waals surface area (Å²) in [6.45, 7) is 4.51. The summed E-state index contributed by atoms with van der Waals surface area (Å²) in [6.07, 6.45) is -4.40. The number of hydrogen-bond acceptors (Lipinski definition) is 4. The lowest BCUT2D eigenvalue weighted by Gasteiger charge is -2.34. The highest BCUT2D eigenvalue weighted by atomic mass is 32.2. The zero-order valence-corrected chi connectivity index (χ0v) is 16.0. The van der Waals surface area contributed by atoms with E-state index in [0.717, 1.165) is 25.2 Å². The van der Waals surface area contributed by atoms with E-state index in [1.165, 1.54) is 28.8 Å². The fourth-order valence-electron chi connectivity index (χ4n) is 3.23. The van der Waals surface area contributed by atoms with E-state index in [9.17, 15) is 22.8 Å². The molecule has 2 amide bonds. The van der Waals surface area contributed by atoms with Gasteiger partial charge in [-0.1, -0.05) is 12.1 Å². The van der Waals surface area contributed by atoms with Crippen LogP contribution in [0.25, 0.3) is 0 Å². The number of hydrogen-bond donors (Lipinski definition) is 0. The molecule has 2 unspecified atom stereocenters. The van der Waals surface area contributed by atoms with Crippen LogP contribution in [-0.4, -0.2) is 71.5 Å². The third-order valence-electron chi connectivity index (χ3n) is 4.93. The lowest BCUT2D eigenvalue weighted by Crippen LogP contribution is -2.50. The number of thioether (sulfide) groups is 1. The van der Waals surface area contributed by atoms with Crippen molar-refractivity contribution in [3.63, 3.8) is 0 Å². The fraction of sp³-hybridized carbons (Fsp3) is 0.556. The average Bonchev–Trinajstić information content (AvgIpc) is 2.90. The Labute approximate surface area is 160 Å². The number of carbonyl (C=O) groups is 2. The molecule has 2 atom stereocenters. The second-order valence-electron chi connectivity index (χ2n) is 6.90. The first-order valence-electron chi connectivity index (χ1n) is 8.76. The van der Waals surface area contributed by atoms with Crippen molar-refractivity contribution in [1.29, 1.82) is 0 Å². The van der Waals surface area contributed by atoms with Gasteiger partial charge in [0.15, 0.2) is 0 Å². The van der Waals surface area contributed by atoms with Crippen LogP contribution in [-0.2, 0) is 15.8 Å². The molecule has 0 spiro atoms. The molecule has 0 aliphatic carbocycles. The van der Waals surface area contributed by atoms with Crippen LogP contribution in [0, 0.1) is 0 Å². The first-order chi connectivity index (χ1) is 12.7. The first-order valence-corrected chi connectivity index (χ1v) is 9.70. The van der Waals surface area contributed by atoms with Crippen molar-refractivity contribution in [3.05, 3.63) is 35.4 Å². The second-order valence-corrected chi connectivity index (χ2v) is 8.33. The molecule has 0 aromatic heterocycles. The highest BCUT2D eigenvalue weighted by Gasteiger charge is 2.40. The van der Waals surface area contributed by atoms with Gasteiger partial charge in [-0.15, -0.1) is 11.8 Å². The molecule has 1 aromatic carbocycles. The smallest absolute Gasteiger partial charge is 0.339 e. The molecule has 0 bridgehead atoms. The molecule has 148 valence electrons. The quantitative estimate of drug-likeness (QED) is 0.781. The molecule has 2 aliphatic rings. The molecule has 9 heteroatoms. The maximum atomic E-state index is 12.8. The van der Waals surface area contributed by atoms with Gasteiger partial charge in [-0.2, -0.15) is 13.2 Å². The third kappa shape index (κ3) is 4.40. The Balaban J connectivity index is 1.74. The summed E-state index contributed by atoms with van der Waals surface area (Å²) >= 11 is 1.35. The van der Waals surface area contributed by atoms with Gasteiger partial charge in [0.1, 0.15) is 11.9 Å². The van der Waals surface area contributed by atoms with Gasteiger partial charge in [-0.05, 0) is 31.7 Å². The Hall–Kier alpha value is -1.74. The van der Waals surface area contributed by atoms with Crippen LogP contribution in [0.15, 0.2) is 24.3 Å². The van der Waals surface area contributed by atoms with E-state index >= 15 is 0 Å². The number of nitrogens with zero attached hydrogens (tertiary/aromatic N) is 3. The summed E-state index contributed by atoms with van der Waals surface area (Å²) in [5.74, 6) is -0.282. The largest absolute Gasteiger partial charge is 0.416 e. The van der Waals surface area contributed by atoms with Gasteiger partial charge in [0.25, 0.3) is 0 Å². The molecule has 0 saturated carbocycles. The molecule has 3 rings (SSSR count). The van der Waals surface area contributed by atoms with Crippen molar-refractivity contribution in [1.82, 2.24) is 14.7 Å². The lowest BCUT2D eigenvalue weighted by atomic mass is 10.1. The van der Waals surface area contributed by atoms with Crippen LogP contribution in [0.3, 0.4) is 0 Å². The summed E-state index contributed by atoms with van der Waals surface area (Å²) in [6, 6.07) is 4.81. The van der Waals surface area contributed by atoms with Crippen molar-refractivity contribution >= 4 is 23.6 Å². The SMILES string of the molecule is CC1SC(c2ccc(C(F)(F)F)cc2)N(CC(=O)N2CCN(C)CC2)C1=O. The van der Waals surface area contributed by atoms with E-state index in [-0.39, 0.29) is 23.6 Å². The average molecular weight is 401 g/mol. The molecule has 5 nitrogen and oxygen atoms in total. The molecule has 0 N–H and O–H groups in total. The molecule has 0 radical (unpaired) electrons. The molecule has 2 heterocycles. The van der Waals surface area contributed by atoms with Gasteiger partial charge in [0, 0.05) is 26.2 Å². The number of rotatable bonds is 3. The van der Waals surface area contributed by atoms with E-state index < -0.39 is 17.1 Å². The summed E-state index contributed by atoms with van der Waals surface area (Å²) in [5, 5.41) is -0.788. The van der Waals surface area contributed by atoms with Gasteiger partial charge in [0.2, 0.25) is 11.8 Å². The minimum atomic E-state index is -4.40. The number of alkyl halides is 3. The Kier molecular flexibility index (Phi) is 5.71. The molecule has 1 aromatic rings. The maximum Gasteiger partial charge on any atom is 0.416 e. The van der Waals surface area contributed by atoms with Crippen molar-refractivity contribution in [2.45, 2.75) is 23.7 Å². The van der Waals surface area contributed by atoms with Crippen LogP contribution in [0.2, 0.25) is 0 Å². The number of benzene rings is 1. The summed E-state index contributed by atoms with van der Waals surface area (Å²) in [5.41, 5.74) is -0.134. The molecule has 2 saturated heterocycles. The van der Waals surface area contributed by atoms with E-state index in [4.69, 9.17) is 0 Å². The monoisotopic (exact) mass is 401 g/mol. The standard InChI is InChI=1S/C18H22F3N3O2S/c1-12-16(26)24(11-15(25)23-9-7-22(2)8-10-23)17(27-12)13-3-5-14(6-4-13)18(19,20)21/h3-6,12,17H,7-11H2,1-2H3. The Morgan fingerprint density at radius 3 is 2.30 bits per heavy atom. The lowest BCUT2D eigenvalue weighted by molar-refractivity contribution is -0.140. The van der Waals surface area contributed by atoms with Gasteiger partial charge in [-0.3, -0.25) is 9.59 Å². The Morgan fingerprint density at radius 2 is 1.74 bits per heavy atom. The predicted molar refractivity (Wildman–Crippen MR) is 97.0 cm³/mol. The fourth-order valence-corrected chi connectivity index (χ4v) is 4.51. The zero-order valence-electron chi connectivity index (χ0n) is 15.2. The normalized spacial score (nSPS) is 24.6. The second kappa shape index (κ2) is 7.71. The summed E-state index contributed by atoms with van der Waals surface area (Å²) in [7, 11) is 1.99. The number of amides is 2. The highest BCUT2D eigenvalue weighted by Crippen LogP contribution is 2.43. The van der Waals surface area contributed by atoms with E-state index in [1.807, 2.05) is 7.05 Å². The molecule has 2 aliphatic heterocycles. The van der Waals surface area contributed by atoms with E-state index in [2.05, 4.69) is 4.90 Å². The van der Waals surface area contributed by atoms with Gasteiger partial charge >= 0.3 is 6.18 Å². The summed E-state index contributed by atoms with van der Waals surface area (Å²) < 4.78 is 38.3. The number of piperazine rings is 1. The highest BCUT2D eigenvalue weighted by molar-refractivity contribution is 8.01. The summed E-state index contributed by atoms with van der Waals surface area (Å²) in [4.78, 5) is 30.5. The van der Waals surface area contributed by atoms with E-state index in [0.29, 0.717) is 18.7 Å².